The minimum absolute atomic E-state index is 0.260. The molecule has 0 saturated carbocycles. The van der Waals surface area contributed by atoms with Crippen molar-refractivity contribution in [2.24, 2.45) is 5.73 Å². The number of hydrogen-bond acceptors (Lipinski definition) is 4. The summed E-state index contributed by atoms with van der Waals surface area (Å²) in [6.07, 6.45) is 0. The molecule has 1 aromatic carbocycles. The van der Waals surface area contributed by atoms with E-state index in [2.05, 4.69) is 39.7 Å². The quantitative estimate of drug-likeness (QED) is 0.919. The fraction of sp³-hybridized carbons (Fsp3) is 0.333. The SMILES string of the molecule is Cc1cc(Oc2ccc(Br)cc2CN)nc(C(C)C)n1. The number of aromatic nitrogens is 2. The van der Waals surface area contributed by atoms with Gasteiger partial charge in [0.15, 0.2) is 0 Å². The maximum atomic E-state index is 5.88. The first-order chi connectivity index (χ1) is 9.49. The fourth-order valence-electron chi connectivity index (χ4n) is 1.79. The van der Waals surface area contributed by atoms with Crippen LogP contribution in [0.15, 0.2) is 28.7 Å². The highest BCUT2D eigenvalue weighted by atomic mass is 79.9. The van der Waals surface area contributed by atoms with Gasteiger partial charge in [-0.15, -0.1) is 0 Å². The summed E-state index contributed by atoms with van der Waals surface area (Å²) in [5, 5.41) is 0. The van der Waals surface area contributed by atoms with Crippen molar-refractivity contribution in [3.05, 3.63) is 45.8 Å². The zero-order valence-corrected chi connectivity index (χ0v) is 13.4. The van der Waals surface area contributed by atoms with Crippen molar-refractivity contribution in [3.63, 3.8) is 0 Å². The molecule has 0 spiro atoms. The van der Waals surface area contributed by atoms with E-state index in [9.17, 15) is 0 Å². The largest absolute Gasteiger partial charge is 0.439 e. The summed E-state index contributed by atoms with van der Waals surface area (Å²) < 4.78 is 6.85. The number of ether oxygens (including phenoxy) is 1. The average Bonchev–Trinajstić information content (AvgIpc) is 2.40. The smallest absolute Gasteiger partial charge is 0.222 e. The van der Waals surface area contributed by atoms with Gasteiger partial charge >= 0.3 is 0 Å². The molecule has 0 unspecified atom stereocenters. The molecule has 2 N–H and O–H groups in total. The summed E-state index contributed by atoms with van der Waals surface area (Å²) in [7, 11) is 0. The molecule has 1 aromatic heterocycles. The average molecular weight is 336 g/mol. The lowest BCUT2D eigenvalue weighted by Gasteiger charge is -2.12. The van der Waals surface area contributed by atoms with E-state index in [0.717, 1.165) is 27.3 Å². The topological polar surface area (TPSA) is 61.0 Å². The molecule has 0 aliphatic carbocycles. The van der Waals surface area contributed by atoms with Crippen LogP contribution in [-0.2, 0) is 6.54 Å². The predicted molar refractivity (Wildman–Crippen MR) is 83.0 cm³/mol. The molecule has 1 heterocycles. The minimum Gasteiger partial charge on any atom is -0.439 e. The summed E-state index contributed by atoms with van der Waals surface area (Å²) in [6.45, 7) is 6.47. The van der Waals surface area contributed by atoms with E-state index < -0.39 is 0 Å². The summed E-state index contributed by atoms with van der Waals surface area (Å²) in [6, 6.07) is 7.59. The molecule has 106 valence electrons. The second kappa shape index (κ2) is 6.33. The van der Waals surface area contributed by atoms with Crippen molar-refractivity contribution in [1.82, 2.24) is 9.97 Å². The Balaban J connectivity index is 2.34. The molecule has 20 heavy (non-hydrogen) atoms. The second-order valence-corrected chi connectivity index (χ2v) is 5.83. The van der Waals surface area contributed by atoms with Gasteiger partial charge in [-0.3, -0.25) is 0 Å². The summed E-state index contributed by atoms with van der Waals surface area (Å²) in [4.78, 5) is 8.85. The highest BCUT2D eigenvalue weighted by Crippen LogP contribution is 2.27. The first-order valence-electron chi connectivity index (χ1n) is 6.51. The van der Waals surface area contributed by atoms with Crippen LogP contribution in [0.1, 0.15) is 36.8 Å². The molecule has 0 bridgehead atoms. The molecule has 0 amide bonds. The monoisotopic (exact) mass is 335 g/mol. The van der Waals surface area contributed by atoms with Crippen LogP contribution in [0.4, 0.5) is 0 Å². The second-order valence-electron chi connectivity index (χ2n) is 4.92. The van der Waals surface area contributed by atoms with Crippen molar-refractivity contribution in [1.29, 1.82) is 0 Å². The number of hydrogen-bond donors (Lipinski definition) is 1. The zero-order chi connectivity index (χ0) is 14.7. The fourth-order valence-corrected chi connectivity index (χ4v) is 2.20. The van der Waals surface area contributed by atoms with Crippen LogP contribution in [0.2, 0.25) is 0 Å². The van der Waals surface area contributed by atoms with Crippen molar-refractivity contribution in [3.8, 4) is 11.6 Å². The van der Waals surface area contributed by atoms with Crippen LogP contribution in [0.5, 0.6) is 11.6 Å². The number of nitrogens with two attached hydrogens (primary N) is 1. The third-order valence-electron chi connectivity index (χ3n) is 2.82. The lowest BCUT2D eigenvalue weighted by atomic mass is 10.2. The molecule has 0 fully saturated rings. The predicted octanol–water partition coefficient (Wildman–Crippen LogP) is 3.92. The molecule has 0 saturated heterocycles. The van der Waals surface area contributed by atoms with Gasteiger partial charge in [0.1, 0.15) is 11.6 Å². The number of rotatable bonds is 4. The van der Waals surface area contributed by atoms with E-state index in [0.29, 0.717) is 12.4 Å². The molecule has 4 nitrogen and oxygen atoms in total. The molecule has 5 heteroatoms. The van der Waals surface area contributed by atoms with Crippen molar-refractivity contribution in [2.75, 3.05) is 0 Å². The number of aryl methyl sites for hydroxylation is 1. The van der Waals surface area contributed by atoms with Gasteiger partial charge in [-0.1, -0.05) is 29.8 Å². The Hall–Kier alpha value is -1.46. The Bertz CT molecular complexity index is 614. The zero-order valence-electron chi connectivity index (χ0n) is 11.9. The summed E-state index contributed by atoms with van der Waals surface area (Å²) >= 11 is 3.43. The van der Waals surface area contributed by atoms with Gasteiger partial charge in [0.25, 0.3) is 0 Å². The van der Waals surface area contributed by atoms with Crippen LogP contribution < -0.4 is 10.5 Å². The third-order valence-corrected chi connectivity index (χ3v) is 3.31. The lowest BCUT2D eigenvalue weighted by molar-refractivity contribution is 0.450. The van der Waals surface area contributed by atoms with Crippen LogP contribution in [0, 0.1) is 6.92 Å². The first kappa shape index (κ1) is 14.9. The highest BCUT2D eigenvalue weighted by Gasteiger charge is 2.10. The van der Waals surface area contributed by atoms with E-state index in [1.807, 2.05) is 31.2 Å². The van der Waals surface area contributed by atoms with E-state index in [4.69, 9.17) is 10.5 Å². The van der Waals surface area contributed by atoms with Gasteiger partial charge in [-0.05, 0) is 25.1 Å². The Morgan fingerprint density at radius 1 is 1.25 bits per heavy atom. The maximum absolute atomic E-state index is 5.88. The van der Waals surface area contributed by atoms with Gasteiger partial charge < -0.3 is 10.5 Å². The Labute approximate surface area is 127 Å². The van der Waals surface area contributed by atoms with Crippen molar-refractivity contribution >= 4 is 15.9 Å². The third kappa shape index (κ3) is 3.55. The molecule has 2 aromatic rings. The van der Waals surface area contributed by atoms with E-state index in [1.165, 1.54) is 0 Å². The van der Waals surface area contributed by atoms with Crippen LogP contribution in [0.25, 0.3) is 0 Å². The molecular weight excluding hydrogens is 318 g/mol. The maximum Gasteiger partial charge on any atom is 0.222 e. The van der Waals surface area contributed by atoms with Crippen LogP contribution in [-0.4, -0.2) is 9.97 Å². The summed E-state index contributed by atoms with van der Waals surface area (Å²) in [5.41, 5.74) is 7.57. The normalized spacial score (nSPS) is 10.9. The van der Waals surface area contributed by atoms with Crippen molar-refractivity contribution in [2.45, 2.75) is 33.2 Å². The van der Waals surface area contributed by atoms with E-state index >= 15 is 0 Å². The number of nitrogens with zero attached hydrogens (tertiary/aromatic N) is 2. The molecule has 0 radical (unpaired) electrons. The Morgan fingerprint density at radius 2 is 2.00 bits per heavy atom. The molecule has 0 aliphatic heterocycles. The lowest BCUT2D eigenvalue weighted by Crippen LogP contribution is -2.03. The van der Waals surface area contributed by atoms with Gasteiger partial charge in [0.05, 0.1) is 0 Å². The standard InChI is InChI=1S/C15H18BrN3O/c1-9(2)15-18-10(3)6-14(19-15)20-13-5-4-12(16)7-11(13)8-17/h4-7,9H,8,17H2,1-3H3. The van der Waals surface area contributed by atoms with Crippen LogP contribution in [0.3, 0.4) is 0 Å². The number of halogens is 1. The molecule has 0 aliphatic rings. The number of benzene rings is 1. The highest BCUT2D eigenvalue weighted by molar-refractivity contribution is 9.10. The summed E-state index contributed by atoms with van der Waals surface area (Å²) in [5.74, 6) is 2.32. The minimum atomic E-state index is 0.260. The van der Waals surface area contributed by atoms with E-state index in [-0.39, 0.29) is 5.92 Å². The molecule has 2 rings (SSSR count). The first-order valence-corrected chi connectivity index (χ1v) is 7.31. The Kier molecular flexibility index (Phi) is 4.73. The van der Waals surface area contributed by atoms with Gasteiger partial charge in [0.2, 0.25) is 5.88 Å². The molecule has 0 atom stereocenters. The van der Waals surface area contributed by atoms with Gasteiger partial charge in [-0.25, -0.2) is 4.98 Å². The van der Waals surface area contributed by atoms with Gasteiger partial charge in [-0.2, -0.15) is 4.98 Å². The Morgan fingerprint density at radius 3 is 2.65 bits per heavy atom. The van der Waals surface area contributed by atoms with Crippen LogP contribution >= 0.6 is 15.9 Å². The van der Waals surface area contributed by atoms with Gasteiger partial charge in [0, 0.05) is 34.3 Å². The molecular formula is C15H18BrN3O. The van der Waals surface area contributed by atoms with Crippen molar-refractivity contribution < 1.29 is 4.74 Å². The van der Waals surface area contributed by atoms with E-state index in [1.54, 1.807) is 0 Å².